The smallest absolute Gasteiger partial charge is 0.317 e. The van der Waals surface area contributed by atoms with Crippen molar-refractivity contribution in [1.29, 1.82) is 0 Å². The molecule has 8 heteroatoms. The summed E-state index contributed by atoms with van der Waals surface area (Å²) < 4.78 is 63.3. The maximum atomic E-state index is 12.7. The molecule has 0 fully saturated rings. The van der Waals surface area contributed by atoms with E-state index in [-0.39, 0.29) is 4.90 Å². The maximum absolute atomic E-state index is 12.7. The topological polar surface area (TPSA) is 65.1 Å². The third-order valence-corrected chi connectivity index (χ3v) is 4.66. The van der Waals surface area contributed by atoms with Gasteiger partial charge in [-0.1, -0.05) is 18.2 Å². The Morgan fingerprint density at radius 3 is 2.12 bits per heavy atom. The van der Waals surface area contributed by atoms with Crippen molar-refractivity contribution >= 4 is 10.0 Å². The summed E-state index contributed by atoms with van der Waals surface area (Å²) in [5.74, 6) is 0. The fourth-order valence-electron chi connectivity index (χ4n) is 2.56. The number of hydrogen-bond donors (Lipinski definition) is 1. The van der Waals surface area contributed by atoms with Crippen LogP contribution in [0.5, 0.6) is 0 Å². The Hall–Kier alpha value is -2.58. The van der Waals surface area contributed by atoms with Crippen molar-refractivity contribution in [2.24, 2.45) is 5.14 Å². The van der Waals surface area contributed by atoms with Gasteiger partial charge in [-0.25, -0.2) is 13.6 Å². The lowest BCUT2D eigenvalue weighted by molar-refractivity contribution is -0.137. The van der Waals surface area contributed by atoms with Crippen LogP contribution in [-0.2, 0) is 16.2 Å². The van der Waals surface area contributed by atoms with Gasteiger partial charge in [0.05, 0.1) is 16.2 Å². The van der Waals surface area contributed by atoms with E-state index in [0.29, 0.717) is 16.9 Å². The lowest BCUT2D eigenvalue weighted by Gasteiger charge is -2.13. The number of primary sulfonamides is 1. The number of halogens is 3. The van der Waals surface area contributed by atoms with Crippen molar-refractivity contribution in [3.05, 3.63) is 72.4 Å². The minimum absolute atomic E-state index is 0.0538. The Bertz CT molecular complexity index is 1010. The third kappa shape index (κ3) is 3.45. The molecule has 25 heavy (non-hydrogen) atoms. The summed E-state index contributed by atoms with van der Waals surface area (Å²) >= 11 is 0. The first kappa shape index (κ1) is 17.2. The van der Waals surface area contributed by atoms with E-state index < -0.39 is 21.8 Å². The van der Waals surface area contributed by atoms with E-state index in [4.69, 9.17) is 5.14 Å². The van der Waals surface area contributed by atoms with Crippen molar-refractivity contribution in [3.8, 4) is 16.9 Å². The first-order valence-corrected chi connectivity index (χ1v) is 8.70. The number of rotatable bonds is 3. The minimum Gasteiger partial charge on any atom is -0.317 e. The van der Waals surface area contributed by atoms with Gasteiger partial charge in [-0.05, 0) is 42.5 Å². The molecule has 3 rings (SSSR count). The molecule has 130 valence electrons. The summed E-state index contributed by atoms with van der Waals surface area (Å²) in [7, 11) is -3.95. The molecular formula is C17H13F3N2O2S. The zero-order chi connectivity index (χ0) is 18.2. The summed E-state index contributed by atoms with van der Waals surface area (Å²) in [6, 6.07) is 14.1. The lowest BCUT2D eigenvalue weighted by Crippen LogP contribution is -2.13. The van der Waals surface area contributed by atoms with Gasteiger partial charge in [0.2, 0.25) is 10.0 Å². The molecule has 2 aromatic carbocycles. The van der Waals surface area contributed by atoms with Crippen molar-refractivity contribution < 1.29 is 21.6 Å². The molecule has 0 radical (unpaired) electrons. The molecule has 3 aromatic rings. The first-order valence-electron chi connectivity index (χ1n) is 7.15. The molecule has 1 heterocycles. The van der Waals surface area contributed by atoms with Gasteiger partial charge in [-0.2, -0.15) is 13.2 Å². The van der Waals surface area contributed by atoms with Crippen LogP contribution in [0.25, 0.3) is 16.9 Å². The summed E-state index contributed by atoms with van der Waals surface area (Å²) in [6.45, 7) is 0. The van der Waals surface area contributed by atoms with Gasteiger partial charge < -0.3 is 4.57 Å². The third-order valence-electron chi connectivity index (χ3n) is 3.69. The number of aromatic nitrogens is 1. The van der Waals surface area contributed by atoms with Crippen LogP contribution < -0.4 is 5.14 Å². The van der Waals surface area contributed by atoms with Gasteiger partial charge >= 0.3 is 6.18 Å². The molecule has 0 bridgehead atoms. The molecule has 0 saturated heterocycles. The second-order valence-electron chi connectivity index (χ2n) is 5.35. The zero-order valence-electron chi connectivity index (χ0n) is 12.7. The molecule has 2 N–H and O–H groups in total. The van der Waals surface area contributed by atoms with Gasteiger partial charge in [0.15, 0.2) is 0 Å². The van der Waals surface area contributed by atoms with Crippen molar-refractivity contribution in [3.63, 3.8) is 0 Å². The Morgan fingerprint density at radius 2 is 1.52 bits per heavy atom. The summed E-state index contributed by atoms with van der Waals surface area (Å²) in [6.07, 6.45) is -2.78. The molecule has 0 aliphatic carbocycles. The molecule has 0 aliphatic rings. The molecule has 0 atom stereocenters. The van der Waals surface area contributed by atoms with E-state index in [9.17, 15) is 21.6 Å². The standard InChI is InChI=1S/C17H13F3N2O2S/c18-17(19,20)12-7-9-13(10-8-12)22-11-3-5-15(22)14-4-1-2-6-16(14)25(21,23)24/h1-11H,(H2,21,23,24). The number of benzene rings is 2. The SMILES string of the molecule is NS(=O)(=O)c1ccccc1-c1cccn1-c1ccc(C(F)(F)F)cc1. The molecule has 0 aliphatic heterocycles. The van der Waals surface area contributed by atoms with Crippen LogP contribution in [0.1, 0.15) is 5.56 Å². The van der Waals surface area contributed by atoms with Gasteiger partial charge in [0.25, 0.3) is 0 Å². The van der Waals surface area contributed by atoms with Gasteiger partial charge in [-0.3, -0.25) is 0 Å². The van der Waals surface area contributed by atoms with Crippen LogP contribution in [-0.4, -0.2) is 13.0 Å². The van der Waals surface area contributed by atoms with Crippen LogP contribution in [0.15, 0.2) is 71.8 Å². The molecule has 0 amide bonds. The Labute approximate surface area is 142 Å². The summed E-state index contributed by atoms with van der Waals surface area (Å²) in [4.78, 5) is -0.0538. The van der Waals surface area contributed by atoms with Crippen LogP contribution in [0, 0.1) is 0 Å². The Kier molecular flexibility index (Phi) is 4.18. The Balaban J connectivity index is 2.12. The molecule has 1 aromatic heterocycles. The highest BCUT2D eigenvalue weighted by molar-refractivity contribution is 7.89. The second-order valence-corrected chi connectivity index (χ2v) is 6.88. The van der Waals surface area contributed by atoms with Crippen LogP contribution >= 0.6 is 0 Å². The van der Waals surface area contributed by atoms with Crippen molar-refractivity contribution in [2.45, 2.75) is 11.1 Å². The van der Waals surface area contributed by atoms with Gasteiger partial charge in [-0.15, -0.1) is 0 Å². The van der Waals surface area contributed by atoms with E-state index >= 15 is 0 Å². The van der Waals surface area contributed by atoms with E-state index in [2.05, 4.69) is 0 Å². The normalized spacial score (nSPS) is 12.3. The van der Waals surface area contributed by atoms with E-state index in [1.165, 1.54) is 18.2 Å². The molecule has 4 nitrogen and oxygen atoms in total. The van der Waals surface area contributed by atoms with E-state index in [1.807, 2.05) is 0 Å². The fourth-order valence-corrected chi connectivity index (χ4v) is 3.31. The zero-order valence-corrected chi connectivity index (χ0v) is 13.6. The largest absolute Gasteiger partial charge is 0.416 e. The fraction of sp³-hybridized carbons (Fsp3) is 0.0588. The number of alkyl halides is 3. The number of sulfonamides is 1. The monoisotopic (exact) mass is 366 g/mol. The van der Waals surface area contributed by atoms with Crippen molar-refractivity contribution in [1.82, 2.24) is 4.57 Å². The summed E-state index contributed by atoms with van der Waals surface area (Å²) in [5, 5.41) is 5.26. The van der Waals surface area contributed by atoms with Crippen LogP contribution in [0.2, 0.25) is 0 Å². The minimum atomic E-state index is -4.42. The highest BCUT2D eigenvalue weighted by Gasteiger charge is 2.30. The van der Waals surface area contributed by atoms with E-state index in [0.717, 1.165) is 12.1 Å². The highest BCUT2D eigenvalue weighted by Crippen LogP contribution is 2.32. The van der Waals surface area contributed by atoms with Crippen LogP contribution in [0.4, 0.5) is 13.2 Å². The predicted octanol–water partition coefficient (Wildman–Crippen LogP) is 3.81. The average Bonchev–Trinajstić information content (AvgIpc) is 3.03. The molecular weight excluding hydrogens is 353 g/mol. The maximum Gasteiger partial charge on any atom is 0.416 e. The van der Waals surface area contributed by atoms with E-state index in [1.54, 1.807) is 41.1 Å². The predicted molar refractivity (Wildman–Crippen MR) is 87.6 cm³/mol. The quantitative estimate of drug-likeness (QED) is 0.766. The number of nitrogens with zero attached hydrogens (tertiary/aromatic N) is 1. The number of hydrogen-bond acceptors (Lipinski definition) is 2. The highest BCUT2D eigenvalue weighted by atomic mass is 32.2. The Morgan fingerprint density at radius 1 is 0.880 bits per heavy atom. The lowest BCUT2D eigenvalue weighted by atomic mass is 10.1. The molecule has 0 spiro atoms. The van der Waals surface area contributed by atoms with Gasteiger partial charge in [0.1, 0.15) is 0 Å². The molecule has 0 unspecified atom stereocenters. The van der Waals surface area contributed by atoms with Crippen LogP contribution in [0.3, 0.4) is 0 Å². The van der Waals surface area contributed by atoms with Crippen molar-refractivity contribution in [2.75, 3.05) is 0 Å². The number of nitrogens with two attached hydrogens (primary N) is 1. The first-order chi connectivity index (χ1) is 11.7. The second kappa shape index (κ2) is 6.05. The summed E-state index contributed by atoms with van der Waals surface area (Å²) in [5.41, 5.74) is 0.589. The molecule has 0 saturated carbocycles. The average molecular weight is 366 g/mol. The van der Waals surface area contributed by atoms with Gasteiger partial charge in [0, 0.05) is 17.4 Å².